The molecule has 0 aromatic carbocycles. The van der Waals surface area contributed by atoms with Crippen molar-refractivity contribution in [1.82, 2.24) is 10.3 Å². The number of aromatic nitrogens is 1. The van der Waals surface area contributed by atoms with Crippen molar-refractivity contribution in [3.05, 3.63) is 36.2 Å². The van der Waals surface area contributed by atoms with Gasteiger partial charge in [-0.3, -0.25) is 9.78 Å². The molecule has 0 aliphatic heterocycles. The standard InChI is InChI=1S/C20H26N2O/c1-14(22-19(23)5-4-15-3-2-6-21-13-15)20-10-16-7-17(11-20)9-18(8-16)12-20/h2-6,13-14,16-18H,7-12H2,1H3,(H,22,23)/b5-4+. The zero-order chi connectivity index (χ0) is 15.9. The smallest absolute Gasteiger partial charge is 0.244 e. The minimum atomic E-state index is 0.0251. The van der Waals surface area contributed by atoms with Crippen molar-refractivity contribution in [2.75, 3.05) is 0 Å². The topological polar surface area (TPSA) is 42.0 Å². The normalized spacial score (nSPS) is 36.3. The van der Waals surface area contributed by atoms with Gasteiger partial charge in [-0.15, -0.1) is 0 Å². The fourth-order valence-electron chi connectivity index (χ4n) is 5.77. The molecule has 0 saturated heterocycles. The third kappa shape index (κ3) is 2.93. The quantitative estimate of drug-likeness (QED) is 0.859. The molecule has 1 amide bonds. The van der Waals surface area contributed by atoms with E-state index in [-0.39, 0.29) is 11.9 Å². The van der Waals surface area contributed by atoms with Crippen LogP contribution in [0.3, 0.4) is 0 Å². The van der Waals surface area contributed by atoms with Gasteiger partial charge in [0.2, 0.25) is 5.91 Å². The summed E-state index contributed by atoms with van der Waals surface area (Å²) in [5.74, 6) is 2.79. The molecule has 4 saturated carbocycles. The minimum Gasteiger partial charge on any atom is -0.350 e. The first-order chi connectivity index (χ1) is 11.1. The summed E-state index contributed by atoms with van der Waals surface area (Å²) >= 11 is 0. The molecule has 23 heavy (non-hydrogen) atoms. The van der Waals surface area contributed by atoms with Crippen LogP contribution in [0.5, 0.6) is 0 Å². The molecule has 1 unspecified atom stereocenters. The molecule has 4 bridgehead atoms. The van der Waals surface area contributed by atoms with Crippen molar-refractivity contribution in [2.24, 2.45) is 23.2 Å². The maximum atomic E-state index is 12.3. The lowest BCUT2D eigenvalue weighted by atomic mass is 9.48. The second-order valence-electron chi connectivity index (χ2n) is 8.13. The van der Waals surface area contributed by atoms with Gasteiger partial charge in [0.25, 0.3) is 0 Å². The van der Waals surface area contributed by atoms with Gasteiger partial charge in [-0.25, -0.2) is 0 Å². The predicted octanol–water partition coefficient (Wildman–Crippen LogP) is 3.82. The van der Waals surface area contributed by atoms with Crippen LogP contribution in [0, 0.1) is 23.2 Å². The van der Waals surface area contributed by atoms with Gasteiger partial charge >= 0.3 is 0 Å². The molecule has 3 nitrogen and oxygen atoms in total. The fourth-order valence-corrected chi connectivity index (χ4v) is 5.77. The van der Waals surface area contributed by atoms with Crippen LogP contribution in [0.25, 0.3) is 6.08 Å². The molecule has 0 spiro atoms. The fraction of sp³-hybridized carbons (Fsp3) is 0.600. The molecule has 1 aromatic heterocycles. The molecule has 5 rings (SSSR count). The third-order valence-electron chi connectivity index (χ3n) is 6.47. The van der Waals surface area contributed by atoms with Crippen molar-refractivity contribution in [3.63, 3.8) is 0 Å². The number of rotatable bonds is 4. The summed E-state index contributed by atoms with van der Waals surface area (Å²) in [4.78, 5) is 16.4. The SMILES string of the molecule is CC(NC(=O)/C=C/c1cccnc1)C12CC3CC(CC(C3)C1)C2. The second-order valence-corrected chi connectivity index (χ2v) is 8.13. The number of nitrogens with zero attached hydrogens (tertiary/aromatic N) is 1. The van der Waals surface area contributed by atoms with Crippen LogP contribution in [0.15, 0.2) is 30.6 Å². The summed E-state index contributed by atoms with van der Waals surface area (Å²) in [7, 11) is 0. The van der Waals surface area contributed by atoms with Crippen LogP contribution in [-0.2, 0) is 4.79 Å². The summed E-state index contributed by atoms with van der Waals surface area (Å²) in [6.45, 7) is 2.23. The Morgan fingerprint density at radius 2 is 1.91 bits per heavy atom. The molecular weight excluding hydrogens is 284 g/mol. The molecule has 1 heterocycles. The van der Waals surface area contributed by atoms with Crippen LogP contribution in [-0.4, -0.2) is 16.9 Å². The predicted molar refractivity (Wildman–Crippen MR) is 91.5 cm³/mol. The lowest BCUT2D eigenvalue weighted by Gasteiger charge is -2.59. The van der Waals surface area contributed by atoms with Crippen molar-refractivity contribution < 1.29 is 4.79 Å². The minimum absolute atomic E-state index is 0.0251. The number of pyridine rings is 1. The van der Waals surface area contributed by atoms with E-state index in [0.717, 1.165) is 23.3 Å². The van der Waals surface area contributed by atoms with E-state index in [1.165, 1.54) is 38.5 Å². The maximum absolute atomic E-state index is 12.3. The van der Waals surface area contributed by atoms with Crippen molar-refractivity contribution in [1.29, 1.82) is 0 Å². The molecule has 4 aliphatic carbocycles. The third-order valence-corrected chi connectivity index (χ3v) is 6.47. The molecule has 1 atom stereocenters. The number of carbonyl (C=O) groups excluding carboxylic acids is 1. The molecule has 4 fully saturated rings. The highest BCUT2D eigenvalue weighted by Gasteiger charge is 2.53. The van der Waals surface area contributed by atoms with Gasteiger partial charge in [0, 0.05) is 24.5 Å². The van der Waals surface area contributed by atoms with Crippen molar-refractivity contribution in [2.45, 2.75) is 51.5 Å². The van der Waals surface area contributed by atoms with Gasteiger partial charge in [0.15, 0.2) is 0 Å². The first-order valence-corrected chi connectivity index (χ1v) is 9.01. The Morgan fingerprint density at radius 3 is 2.48 bits per heavy atom. The van der Waals surface area contributed by atoms with Crippen molar-refractivity contribution >= 4 is 12.0 Å². The second kappa shape index (κ2) is 5.77. The number of nitrogens with one attached hydrogen (secondary N) is 1. The lowest BCUT2D eigenvalue weighted by Crippen LogP contribution is -2.55. The highest BCUT2D eigenvalue weighted by Crippen LogP contribution is 2.61. The highest BCUT2D eigenvalue weighted by molar-refractivity contribution is 5.91. The molecule has 122 valence electrons. The monoisotopic (exact) mass is 310 g/mol. The summed E-state index contributed by atoms with van der Waals surface area (Å²) in [6, 6.07) is 4.12. The van der Waals surface area contributed by atoms with Gasteiger partial charge in [-0.1, -0.05) is 6.07 Å². The van der Waals surface area contributed by atoms with E-state index < -0.39 is 0 Å². The van der Waals surface area contributed by atoms with Gasteiger partial charge in [-0.2, -0.15) is 0 Å². The van der Waals surface area contributed by atoms with E-state index in [1.807, 2.05) is 18.2 Å². The summed E-state index contributed by atoms with van der Waals surface area (Å²) in [5, 5.41) is 3.26. The molecular formula is C20H26N2O. The molecule has 3 heteroatoms. The number of carbonyl (C=O) groups is 1. The maximum Gasteiger partial charge on any atom is 0.244 e. The Balaban J connectivity index is 1.41. The Hall–Kier alpha value is -1.64. The first kappa shape index (κ1) is 14.9. The van der Waals surface area contributed by atoms with Crippen LogP contribution < -0.4 is 5.32 Å². The van der Waals surface area contributed by atoms with Crippen LogP contribution in [0.1, 0.15) is 51.0 Å². The Labute approximate surface area is 138 Å². The van der Waals surface area contributed by atoms with Crippen LogP contribution in [0.4, 0.5) is 0 Å². The summed E-state index contributed by atoms with van der Waals surface area (Å²) in [6.07, 6.45) is 15.3. The summed E-state index contributed by atoms with van der Waals surface area (Å²) < 4.78 is 0. The zero-order valence-electron chi connectivity index (χ0n) is 13.9. The number of hydrogen-bond donors (Lipinski definition) is 1. The molecule has 1 N–H and O–H groups in total. The van der Waals surface area contributed by atoms with E-state index in [1.54, 1.807) is 18.5 Å². The van der Waals surface area contributed by atoms with Gasteiger partial charge in [-0.05, 0) is 86.3 Å². The van der Waals surface area contributed by atoms with E-state index in [2.05, 4.69) is 17.2 Å². The average molecular weight is 310 g/mol. The zero-order valence-corrected chi connectivity index (χ0v) is 13.9. The van der Waals surface area contributed by atoms with Crippen LogP contribution in [0.2, 0.25) is 0 Å². The van der Waals surface area contributed by atoms with E-state index in [4.69, 9.17) is 0 Å². The molecule has 0 radical (unpaired) electrons. The molecule has 1 aromatic rings. The van der Waals surface area contributed by atoms with E-state index >= 15 is 0 Å². The number of hydrogen-bond acceptors (Lipinski definition) is 2. The number of amides is 1. The van der Waals surface area contributed by atoms with Crippen molar-refractivity contribution in [3.8, 4) is 0 Å². The lowest BCUT2D eigenvalue weighted by molar-refractivity contribution is -0.121. The highest BCUT2D eigenvalue weighted by atomic mass is 16.1. The van der Waals surface area contributed by atoms with Gasteiger partial charge in [0.05, 0.1) is 0 Å². The average Bonchev–Trinajstić information content (AvgIpc) is 2.52. The summed E-state index contributed by atoms with van der Waals surface area (Å²) in [5.41, 5.74) is 1.33. The van der Waals surface area contributed by atoms with E-state index in [0.29, 0.717) is 5.41 Å². The van der Waals surface area contributed by atoms with Crippen LogP contribution >= 0.6 is 0 Å². The first-order valence-electron chi connectivity index (χ1n) is 9.01. The molecule has 4 aliphatic rings. The van der Waals surface area contributed by atoms with Gasteiger partial charge in [0.1, 0.15) is 0 Å². The Bertz CT molecular complexity index is 572. The van der Waals surface area contributed by atoms with Gasteiger partial charge < -0.3 is 5.32 Å². The van der Waals surface area contributed by atoms with E-state index in [9.17, 15) is 4.79 Å². The largest absolute Gasteiger partial charge is 0.350 e. The Morgan fingerprint density at radius 1 is 1.26 bits per heavy atom. The Kier molecular flexibility index (Phi) is 3.74.